The highest BCUT2D eigenvalue weighted by Gasteiger charge is 2.27. The van der Waals surface area contributed by atoms with E-state index >= 15 is 0 Å². The molecule has 0 amide bonds. The summed E-state index contributed by atoms with van der Waals surface area (Å²) in [7, 11) is -1.67. The van der Waals surface area contributed by atoms with Gasteiger partial charge in [0.15, 0.2) is 0 Å². The normalized spacial score (nSPS) is 15.9. The van der Waals surface area contributed by atoms with Crippen LogP contribution < -0.4 is 9.88 Å². The molecule has 14 heavy (non-hydrogen) atoms. The van der Waals surface area contributed by atoms with Gasteiger partial charge in [-0.3, -0.25) is 0 Å². The number of rotatable bonds is 2. The van der Waals surface area contributed by atoms with Crippen molar-refractivity contribution < 1.29 is 13.0 Å². The summed E-state index contributed by atoms with van der Waals surface area (Å²) >= 11 is 0. The minimum absolute atomic E-state index is 0.282. The molecule has 2 heterocycles. The average molecular weight is 215 g/mol. The summed E-state index contributed by atoms with van der Waals surface area (Å²) in [6, 6.07) is 0. The first-order chi connectivity index (χ1) is 6.60. The summed E-state index contributed by atoms with van der Waals surface area (Å²) in [6.07, 6.45) is 7.77. The summed E-state index contributed by atoms with van der Waals surface area (Å²) in [5, 5.41) is 2.80. The molecule has 0 fully saturated rings. The van der Waals surface area contributed by atoms with Gasteiger partial charge >= 0.3 is 10.2 Å². The Labute approximate surface area is 82.3 Å². The van der Waals surface area contributed by atoms with Crippen molar-refractivity contribution in [3.63, 3.8) is 0 Å². The molecule has 76 valence electrons. The molecule has 0 spiro atoms. The van der Waals surface area contributed by atoms with Gasteiger partial charge in [-0.25, -0.2) is 8.87 Å². The van der Waals surface area contributed by atoms with Crippen LogP contribution in [0.1, 0.15) is 0 Å². The quantitative estimate of drug-likeness (QED) is 0.626. The molecule has 1 aromatic heterocycles. The third kappa shape index (κ3) is 1.35. The second kappa shape index (κ2) is 3.02. The zero-order valence-corrected chi connectivity index (χ0v) is 8.48. The van der Waals surface area contributed by atoms with Crippen molar-refractivity contribution in [2.75, 3.05) is 6.67 Å². The number of hydrogen-bond acceptors (Lipinski definition) is 3. The van der Waals surface area contributed by atoms with Crippen LogP contribution in [0.3, 0.4) is 0 Å². The number of aryl methyl sites for hydroxylation is 1. The van der Waals surface area contributed by atoms with Gasteiger partial charge in [0.05, 0.1) is 7.05 Å². The molecule has 0 atom stereocenters. The summed E-state index contributed by atoms with van der Waals surface area (Å²) in [6.45, 7) is 0.282. The van der Waals surface area contributed by atoms with Gasteiger partial charge in [0.25, 0.3) is 6.33 Å². The number of nitrogens with one attached hydrogen (secondary N) is 1. The highest BCUT2D eigenvalue weighted by atomic mass is 32.2. The zero-order valence-electron chi connectivity index (χ0n) is 7.66. The van der Waals surface area contributed by atoms with Crippen LogP contribution in [0.5, 0.6) is 0 Å². The second-order valence-corrected chi connectivity index (χ2v) is 4.77. The molecule has 0 saturated carbocycles. The molecule has 1 aliphatic rings. The van der Waals surface area contributed by atoms with E-state index in [1.54, 1.807) is 24.0 Å². The minimum atomic E-state index is -3.44. The second-order valence-electron chi connectivity index (χ2n) is 2.98. The predicted molar refractivity (Wildman–Crippen MR) is 48.9 cm³/mol. The lowest BCUT2D eigenvalue weighted by Crippen LogP contribution is -2.33. The van der Waals surface area contributed by atoms with Gasteiger partial charge in [0, 0.05) is 12.4 Å². The van der Waals surface area contributed by atoms with Gasteiger partial charge in [-0.2, -0.15) is 8.42 Å². The Morgan fingerprint density at radius 1 is 1.50 bits per heavy atom. The summed E-state index contributed by atoms with van der Waals surface area (Å²) < 4.78 is 27.7. The maximum atomic E-state index is 11.8. The van der Waals surface area contributed by atoms with Crippen molar-refractivity contribution in [2.45, 2.75) is 0 Å². The van der Waals surface area contributed by atoms with Crippen LogP contribution in [-0.4, -0.2) is 23.4 Å². The van der Waals surface area contributed by atoms with Crippen molar-refractivity contribution in [3.8, 4) is 0 Å². The van der Waals surface area contributed by atoms with Gasteiger partial charge in [-0.05, 0) is 0 Å². The Kier molecular flexibility index (Phi) is 1.95. The number of hydrogen-bond donors (Lipinski definition) is 1. The van der Waals surface area contributed by atoms with Crippen molar-refractivity contribution in [3.05, 3.63) is 31.1 Å². The van der Waals surface area contributed by atoms with E-state index in [0.29, 0.717) is 0 Å². The maximum absolute atomic E-state index is 11.8. The molecule has 0 aromatic carbocycles. The molecular weight excluding hydrogens is 204 g/mol. The van der Waals surface area contributed by atoms with E-state index in [9.17, 15) is 8.42 Å². The third-order valence-electron chi connectivity index (χ3n) is 1.91. The molecule has 1 aromatic rings. The first-order valence-corrected chi connectivity index (χ1v) is 5.46. The SMILES string of the molecule is C[n+]1ccn(S(=O)(=O)N2C=CNC2)c1. The van der Waals surface area contributed by atoms with Crippen molar-refractivity contribution in [2.24, 2.45) is 7.05 Å². The minimum Gasteiger partial charge on any atom is -0.372 e. The van der Waals surface area contributed by atoms with Crippen LogP contribution >= 0.6 is 0 Å². The smallest absolute Gasteiger partial charge is 0.372 e. The predicted octanol–water partition coefficient (Wildman–Crippen LogP) is -1.26. The Hall–Kier alpha value is -1.50. The Bertz CT molecular complexity index is 462. The molecule has 0 unspecified atom stereocenters. The molecule has 0 aliphatic carbocycles. The van der Waals surface area contributed by atoms with E-state index in [-0.39, 0.29) is 6.67 Å². The van der Waals surface area contributed by atoms with Gasteiger partial charge in [-0.1, -0.05) is 0 Å². The first kappa shape index (κ1) is 9.07. The highest BCUT2D eigenvalue weighted by molar-refractivity contribution is 7.87. The van der Waals surface area contributed by atoms with Gasteiger partial charge in [-0.15, -0.1) is 3.97 Å². The fraction of sp³-hybridized carbons (Fsp3) is 0.286. The highest BCUT2D eigenvalue weighted by Crippen LogP contribution is 2.06. The molecule has 0 saturated heterocycles. The fourth-order valence-corrected chi connectivity index (χ4v) is 2.35. The molecule has 0 bridgehead atoms. The lowest BCUT2D eigenvalue weighted by atomic mass is 10.9. The van der Waals surface area contributed by atoms with E-state index in [1.807, 2.05) is 0 Å². The standard InChI is InChI=1S/C7H11N4O2S/c1-9-4-5-11(7-9)14(12,13)10-3-2-8-6-10/h2-5,7-8H,6H2,1H3/q+1. The van der Waals surface area contributed by atoms with Crippen LogP contribution in [0.4, 0.5) is 0 Å². The monoisotopic (exact) mass is 215 g/mol. The third-order valence-corrected chi connectivity index (χ3v) is 3.51. The topological polar surface area (TPSA) is 58.2 Å². The lowest BCUT2D eigenvalue weighted by molar-refractivity contribution is -0.670. The molecule has 1 aliphatic heterocycles. The van der Waals surface area contributed by atoms with Crippen LogP contribution in [0.25, 0.3) is 0 Å². The summed E-state index contributed by atoms with van der Waals surface area (Å²) in [4.78, 5) is 0. The maximum Gasteiger partial charge on any atom is 0.404 e. The molecule has 2 rings (SSSR count). The lowest BCUT2D eigenvalue weighted by Gasteiger charge is -2.10. The van der Waals surface area contributed by atoms with Gasteiger partial charge in [0.1, 0.15) is 19.1 Å². The Balaban J connectivity index is 2.37. The molecule has 7 heteroatoms. The van der Waals surface area contributed by atoms with E-state index in [2.05, 4.69) is 5.32 Å². The van der Waals surface area contributed by atoms with E-state index < -0.39 is 10.2 Å². The largest absolute Gasteiger partial charge is 0.404 e. The zero-order chi connectivity index (χ0) is 10.2. The number of imidazole rings is 1. The van der Waals surface area contributed by atoms with E-state index in [4.69, 9.17) is 0 Å². The van der Waals surface area contributed by atoms with Crippen molar-refractivity contribution in [1.29, 1.82) is 0 Å². The van der Waals surface area contributed by atoms with Crippen LogP contribution in [0.2, 0.25) is 0 Å². The van der Waals surface area contributed by atoms with E-state index in [0.717, 1.165) is 0 Å². The van der Waals surface area contributed by atoms with Crippen LogP contribution in [0.15, 0.2) is 31.1 Å². The fourth-order valence-electron chi connectivity index (χ4n) is 1.17. The van der Waals surface area contributed by atoms with E-state index in [1.165, 1.54) is 27.0 Å². The number of aromatic nitrogens is 2. The molecular formula is C7H11N4O2S+. The average Bonchev–Trinajstić information content (AvgIpc) is 2.72. The summed E-state index contributed by atoms with van der Waals surface area (Å²) in [5.41, 5.74) is 0. The van der Waals surface area contributed by atoms with Crippen LogP contribution in [-0.2, 0) is 17.3 Å². The van der Waals surface area contributed by atoms with Crippen LogP contribution in [0, 0.1) is 0 Å². The first-order valence-electron chi connectivity index (χ1n) is 4.06. The Morgan fingerprint density at radius 3 is 2.79 bits per heavy atom. The van der Waals surface area contributed by atoms with Crippen molar-refractivity contribution in [1.82, 2.24) is 13.6 Å². The molecule has 6 nitrogen and oxygen atoms in total. The Morgan fingerprint density at radius 2 is 2.29 bits per heavy atom. The molecule has 0 radical (unpaired) electrons. The molecule has 1 N–H and O–H groups in total. The van der Waals surface area contributed by atoms with Gasteiger partial charge < -0.3 is 5.32 Å². The van der Waals surface area contributed by atoms with Crippen molar-refractivity contribution >= 4 is 10.2 Å². The summed E-state index contributed by atoms with van der Waals surface area (Å²) in [5.74, 6) is 0. The number of nitrogens with zero attached hydrogens (tertiary/aromatic N) is 3. The van der Waals surface area contributed by atoms with Gasteiger partial charge in [0.2, 0.25) is 0 Å².